The average Bonchev–Trinajstić information content (AvgIpc) is 2.35. The molecule has 1 heterocycles. The lowest BCUT2D eigenvalue weighted by Gasteiger charge is -2.45. The summed E-state index contributed by atoms with van der Waals surface area (Å²) in [6.07, 6.45) is 0.425. The van der Waals surface area contributed by atoms with E-state index in [0.29, 0.717) is 6.54 Å². The normalized spacial score (nSPS) is 23.9. The molecular formula is C14H31Cl2N3O3. The number of methoxy groups -OCH3 is 1. The Bertz CT molecular complexity index is 322. The number of amides is 1. The van der Waals surface area contributed by atoms with Gasteiger partial charge in [-0.15, -0.1) is 24.8 Å². The van der Waals surface area contributed by atoms with Gasteiger partial charge in [0.25, 0.3) is 0 Å². The number of carbonyl (C=O) groups is 1. The summed E-state index contributed by atoms with van der Waals surface area (Å²) < 4.78 is 10.6. The number of carbonyl (C=O) groups excluding carboxylic acids is 1. The maximum Gasteiger partial charge on any atom is 0.239 e. The number of nitrogens with two attached hydrogens (primary N) is 1. The summed E-state index contributed by atoms with van der Waals surface area (Å²) >= 11 is 0. The molecule has 0 bridgehead atoms. The molecule has 1 saturated heterocycles. The zero-order valence-corrected chi connectivity index (χ0v) is 15.8. The van der Waals surface area contributed by atoms with Crippen LogP contribution in [0.5, 0.6) is 0 Å². The highest BCUT2D eigenvalue weighted by atomic mass is 35.5. The van der Waals surface area contributed by atoms with Crippen molar-refractivity contribution in [3.05, 3.63) is 0 Å². The lowest BCUT2D eigenvalue weighted by Crippen LogP contribution is -2.59. The van der Waals surface area contributed by atoms with Gasteiger partial charge in [0.2, 0.25) is 5.91 Å². The molecule has 0 spiro atoms. The Kier molecular flexibility index (Phi) is 11.7. The monoisotopic (exact) mass is 359 g/mol. The Hall–Kier alpha value is -0.110. The molecule has 1 rings (SSSR count). The van der Waals surface area contributed by atoms with Crippen LogP contribution in [0, 0.1) is 0 Å². The molecule has 0 aromatic rings. The molecule has 8 heteroatoms. The highest BCUT2D eigenvalue weighted by Crippen LogP contribution is 2.20. The second-order valence-corrected chi connectivity index (χ2v) is 6.25. The van der Waals surface area contributed by atoms with Crippen LogP contribution in [0.25, 0.3) is 0 Å². The highest BCUT2D eigenvalue weighted by molar-refractivity contribution is 5.85. The first-order valence-corrected chi connectivity index (χ1v) is 7.19. The Labute approximate surface area is 146 Å². The van der Waals surface area contributed by atoms with Gasteiger partial charge in [-0.3, -0.25) is 9.69 Å². The van der Waals surface area contributed by atoms with Gasteiger partial charge in [0, 0.05) is 32.3 Å². The largest absolute Gasteiger partial charge is 0.383 e. The van der Waals surface area contributed by atoms with E-state index in [-0.39, 0.29) is 55.1 Å². The molecule has 0 aromatic carbocycles. The molecule has 3 N–H and O–H groups in total. The molecule has 0 aromatic heterocycles. The maximum absolute atomic E-state index is 11.8. The molecule has 3 atom stereocenters. The Morgan fingerprint density at radius 1 is 1.36 bits per heavy atom. The van der Waals surface area contributed by atoms with Crippen LogP contribution in [-0.4, -0.2) is 67.9 Å². The number of halogens is 2. The third-order valence-electron chi connectivity index (χ3n) is 3.65. The van der Waals surface area contributed by atoms with Gasteiger partial charge in [0.05, 0.1) is 18.8 Å². The predicted octanol–water partition coefficient (Wildman–Crippen LogP) is 0.808. The van der Waals surface area contributed by atoms with Crippen LogP contribution in [-0.2, 0) is 14.3 Å². The van der Waals surface area contributed by atoms with Crippen molar-refractivity contribution in [3.63, 3.8) is 0 Å². The number of hydrogen-bond donors (Lipinski definition) is 2. The lowest BCUT2D eigenvalue weighted by atomic mass is 10.00. The van der Waals surface area contributed by atoms with Gasteiger partial charge in [-0.05, 0) is 27.7 Å². The van der Waals surface area contributed by atoms with E-state index in [4.69, 9.17) is 15.2 Å². The first-order valence-electron chi connectivity index (χ1n) is 7.19. The molecule has 3 unspecified atom stereocenters. The number of rotatable bonds is 6. The fourth-order valence-corrected chi connectivity index (χ4v) is 2.47. The molecule has 6 nitrogen and oxygen atoms in total. The minimum absolute atomic E-state index is 0. The second kappa shape index (κ2) is 10.6. The van der Waals surface area contributed by atoms with Crippen molar-refractivity contribution < 1.29 is 14.3 Å². The third-order valence-corrected chi connectivity index (χ3v) is 3.65. The topological polar surface area (TPSA) is 76.8 Å². The molecule has 134 valence electrons. The van der Waals surface area contributed by atoms with E-state index < -0.39 is 6.04 Å². The van der Waals surface area contributed by atoms with E-state index in [2.05, 4.69) is 37.9 Å². The molecule has 1 fully saturated rings. The van der Waals surface area contributed by atoms with Crippen molar-refractivity contribution in [2.24, 2.45) is 5.73 Å². The van der Waals surface area contributed by atoms with E-state index in [1.165, 1.54) is 7.11 Å². The quantitative estimate of drug-likeness (QED) is 0.733. The van der Waals surface area contributed by atoms with Crippen LogP contribution in [0.3, 0.4) is 0 Å². The van der Waals surface area contributed by atoms with Crippen LogP contribution in [0.2, 0.25) is 0 Å². The van der Waals surface area contributed by atoms with Crippen molar-refractivity contribution in [2.75, 3.05) is 33.4 Å². The molecule has 1 amide bonds. The van der Waals surface area contributed by atoms with Gasteiger partial charge >= 0.3 is 0 Å². The van der Waals surface area contributed by atoms with Crippen molar-refractivity contribution in [1.82, 2.24) is 10.2 Å². The Balaban J connectivity index is 0. The van der Waals surface area contributed by atoms with Crippen molar-refractivity contribution in [1.29, 1.82) is 0 Å². The number of nitrogens with zero attached hydrogens (tertiary/aromatic N) is 1. The predicted molar refractivity (Wildman–Crippen MR) is 93.0 cm³/mol. The van der Waals surface area contributed by atoms with Gasteiger partial charge in [0.1, 0.15) is 6.04 Å². The zero-order valence-electron chi connectivity index (χ0n) is 14.1. The number of morpholine rings is 1. The standard InChI is InChI=1S/C14H29N3O3.2ClH/c1-10-6-17(7-11(2)20-10)14(3,4)9-16-13(18)12(15)8-19-5;;/h10-12H,6-9,15H2,1-5H3,(H,16,18);2*1H. The Morgan fingerprint density at radius 2 is 1.86 bits per heavy atom. The lowest BCUT2D eigenvalue weighted by molar-refractivity contribution is -0.125. The average molecular weight is 360 g/mol. The fourth-order valence-electron chi connectivity index (χ4n) is 2.47. The molecule has 22 heavy (non-hydrogen) atoms. The van der Waals surface area contributed by atoms with E-state index in [1.807, 2.05) is 0 Å². The first kappa shape index (κ1) is 24.1. The van der Waals surface area contributed by atoms with E-state index >= 15 is 0 Å². The zero-order chi connectivity index (χ0) is 15.3. The molecular weight excluding hydrogens is 329 g/mol. The maximum atomic E-state index is 11.8. The van der Waals surface area contributed by atoms with Crippen molar-refractivity contribution in [3.8, 4) is 0 Å². The number of ether oxygens (including phenoxy) is 2. The van der Waals surface area contributed by atoms with E-state index in [1.54, 1.807) is 0 Å². The van der Waals surface area contributed by atoms with E-state index in [0.717, 1.165) is 13.1 Å². The van der Waals surface area contributed by atoms with Crippen LogP contribution < -0.4 is 11.1 Å². The van der Waals surface area contributed by atoms with Gasteiger partial charge < -0.3 is 20.5 Å². The number of hydrogen-bond acceptors (Lipinski definition) is 5. The minimum Gasteiger partial charge on any atom is -0.383 e. The first-order chi connectivity index (χ1) is 9.26. The second-order valence-electron chi connectivity index (χ2n) is 6.25. The van der Waals surface area contributed by atoms with Gasteiger partial charge in [-0.1, -0.05) is 0 Å². The SMILES string of the molecule is COCC(N)C(=O)NCC(C)(C)N1CC(C)OC(C)C1.Cl.Cl. The summed E-state index contributed by atoms with van der Waals surface area (Å²) in [5.74, 6) is -0.172. The van der Waals surface area contributed by atoms with Gasteiger partial charge in [-0.2, -0.15) is 0 Å². The molecule has 0 saturated carbocycles. The van der Waals surface area contributed by atoms with Crippen LogP contribution in [0.15, 0.2) is 0 Å². The van der Waals surface area contributed by atoms with Gasteiger partial charge in [-0.25, -0.2) is 0 Å². The molecule has 0 radical (unpaired) electrons. The van der Waals surface area contributed by atoms with Crippen LogP contribution in [0.4, 0.5) is 0 Å². The molecule has 1 aliphatic heterocycles. The van der Waals surface area contributed by atoms with E-state index in [9.17, 15) is 4.79 Å². The summed E-state index contributed by atoms with van der Waals surface area (Å²) in [6, 6.07) is -0.613. The number of nitrogens with one attached hydrogen (secondary N) is 1. The van der Waals surface area contributed by atoms with Crippen LogP contribution in [0.1, 0.15) is 27.7 Å². The molecule has 1 aliphatic rings. The third kappa shape index (κ3) is 7.44. The fraction of sp³-hybridized carbons (Fsp3) is 0.929. The Morgan fingerprint density at radius 3 is 2.32 bits per heavy atom. The van der Waals surface area contributed by atoms with Crippen LogP contribution >= 0.6 is 24.8 Å². The summed E-state index contributed by atoms with van der Waals surface area (Å²) in [5.41, 5.74) is 5.58. The smallest absolute Gasteiger partial charge is 0.239 e. The summed E-state index contributed by atoms with van der Waals surface area (Å²) in [5, 5.41) is 2.91. The summed E-state index contributed by atoms with van der Waals surface area (Å²) in [7, 11) is 1.54. The minimum atomic E-state index is -0.613. The summed E-state index contributed by atoms with van der Waals surface area (Å²) in [4.78, 5) is 14.2. The highest BCUT2D eigenvalue weighted by Gasteiger charge is 2.33. The van der Waals surface area contributed by atoms with Crippen molar-refractivity contribution >= 4 is 30.7 Å². The molecule has 0 aliphatic carbocycles. The van der Waals surface area contributed by atoms with Gasteiger partial charge in [0.15, 0.2) is 0 Å². The summed E-state index contributed by atoms with van der Waals surface area (Å²) in [6.45, 7) is 10.9. The van der Waals surface area contributed by atoms with Crippen molar-refractivity contribution in [2.45, 2.75) is 51.5 Å².